The summed E-state index contributed by atoms with van der Waals surface area (Å²) in [6.07, 6.45) is 2.67. The van der Waals surface area contributed by atoms with E-state index in [2.05, 4.69) is 5.32 Å². The topological polar surface area (TPSA) is 115 Å². The summed E-state index contributed by atoms with van der Waals surface area (Å²) in [7, 11) is 1.38. The van der Waals surface area contributed by atoms with Crippen LogP contribution in [0.4, 0.5) is 10.5 Å². The van der Waals surface area contributed by atoms with Gasteiger partial charge in [-0.25, -0.2) is 14.5 Å². The van der Waals surface area contributed by atoms with Crippen molar-refractivity contribution in [1.82, 2.24) is 5.32 Å². The molecule has 0 spiro atoms. The summed E-state index contributed by atoms with van der Waals surface area (Å²) < 4.78 is 15.6. The van der Waals surface area contributed by atoms with E-state index in [0.717, 1.165) is 10.5 Å². The molecule has 0 bridgehead atoms. The number of nitrogens with one attached hydrogen (secondary N) is 1. The van der Waals surface area contributed by atoms with E-state index >= 15 is 0 Å². The molecule has 1 aliphatic heterocycles. The number of nitrogens with zero attached hydrogens (tertiary/aromatic N) is 1. The summed E-state index contributed by atoms with van der Waals surface area (Å²) >= 11 is 0. The van der Waals surface area contributed by atoms with E-state index in [1.165, 1.54) is 43.7 Å². The first-order valence-electron chi connectivity index (χ1n) is 9.79. The molecule has 9 heteroatoms. The number of furan rings is 1. The molecule has 0 aliphatic carbocycles. The smallest absolute Gasteiger partial charge is 0.379 e. The van der Waals surface area contributed by atoms with Crippen molar-refractivity contribution in [3.05, 3.63) is 83.3 Å². The van der Waals surface area contributed by atoms with Crippen molar-refractivity contribution in [2.75, 3.05) is 12.0 Å². The van der Waals surface area contributed by atoms with E-state index in [-0.39, 0.29) is 22.8 Å². The highest BCUT2D eigenvalue weighted by molar-refractivity contribution is 6.39. The first-order valence-corrected chi connectivity index (χ1v) is 9.79. The third kappa shape index (κ3) is 4.38. The van der Waals surface area contributed by atoms with E-state index in [4.69, 9.17) is 13.9 Å². The molecule has 4 rings (SSSR count). The summed E-state index contributed by atoms with van der Waals surface area (Å²) in [5.41, 5.74) is 1.47. The average Bonchev–Trinajstić information content (AvgIpc) is 3.34. The number of urea groups is 1. The molecule has 1 saturated heterocycles. The molecule has 1 aromatic heterocycles. The number of ether oxygens (including phenoxy) is 2. The van der Waals surface area contributed by atoms with Gasteiger partial charge >= 0.3 is 12.0 Å². The van der Waals surface area contributed by atoms with Gasteiger partial charge in [-0.05, 0) is 55.0 Å². The number of barbiturate groups is 1. The van der Waals surface area contributed by atoms with E-state index in [1.54, 1.807) is 30.3 Å². The zero-order chi connectivity index (χ0) is 23.5. The fraction of sp³-hybridized carbons (Fsp3) is 0.0833. The Morgan fingerprint density at radius 1 is 1.03 bits per heavy atom. The molecular weight excluding hydrogens is 428 g/mol. The molecule has 4 amide bonds. The van der Waals surface area contributed by atoms with Gasteiger partial charge in [-0.1, -0.05) is 23.8 Å². The maximum Gasteiger partial charge on any atom is 0.379 e. The molecule has 0 saturated carbocycles. The summed E-state index contributed by atoms with van der Waals surface area (Å²) in [6.45, 7) is 1.87. The molecule has 33 heavy (non-hydrogen) atoms. The van der Waals surface area contributed by atoms with E-state index in [0.29, 0.717) is 11.3 Å². The molecule has 1 aliphatic rings. The van der Waals surface area contributed by atoms with Crippen molar-refractivity contribution in [2.45, 2.75) is 6.92 Å². The van der Waals surface area contributed by atoms with Crippen LogP contribution in [0, 0.1) is 6.92 Å². The number of hydrogen-bond donors (Lipinski definition) is 1. The normalized spacial score (nSPS) is 14.9. The van der Waals surface area contributed by atoms with Gasteiger partial charge in [-0.15, -0.1) is 0 Å². The molecular formula is C24H18N2O7. The molecule has 0 unspecified atom stereocenters. The lowest BCUT2D eigenvalue weighted by atomic mass is 10.1. The summed E-state index contributed by atoms with van der Waals surface area (Å²) in [6, 6.07) is 13.4. The van der Waals surface area contributed by atoms with Crippen LogP contribution in [-0.2, 0) is 9.59 Å². The van der Waals surface area contributed by atoms with Gasteiger partial charge in [0.2, 0.25) is 5.76 Å². The average molecular weight is 446 g/mol. The van der Waals surface area contributed by atoms with Crippen LogP contribution < -0.4 is 19.7 Å². The second-order valence-corrected chi connectivity index (χ2v) is 7.07. The van der Waals surface area contributed by atoms with Gasteiger partial charge in [0, 0.05) is 0 Å². The van der Waals surface area contributed by atoms with Gasteiger partial charge in [0.15, 0.2) is 11.5 Å². The molecule has 0 atom stereocenters. The van der Waals surface area contributed by atoms with Crippen molar-refractivity contribution in [3.8, 4) is 11.5 Å². The Balaban J connectivity index is 1.63. The predicted octanol–water partition coefficient (Wildman–Crippen LogP) is 3.48. The second-order valence-electron chi connectivity index (χ2n) is 7.07. The number of esters is 1. The Labute approximate surface area is 188 Å². The van der Waals surface area contributed by atoms with Gasteiger partial charge in [-0.2, -0.15) is 0 Å². The number of anilines is 1. The monoisotopic (exact) mass is 446 g/mol. The predicted molar refractivity (Wildman–Crippen MR) is 117 cm³/mol. The number of rotatable bonds is 5. The van der Waals surface area contributed by atoms with E-state index < -0.39 is 23.8 Å². The molecule has 166 valence electrons. The lowest BCUT2D eigenvalue weighted by Gasteiger charge is -2.26. The van der Waals surface area contributed by atoms with Crippen LogP contribution in [0.15, 0.2) is 70.9 Å². The SMILES string of the molecule is COc1cc(/C=C2\C(=O)NC(=O)N(c3ccc(C)cc3)C2=O)ccc1OC(=O)c1ccco1. The number of amides is 4. The van der Waals surface area contributed by atoms with Crippen LogP contribution in [0.25, 0.3) is 6.08 Å². The van der Waals surface area contributed by atoms with Crippen molar-refractivity contribution in [1.29, 1.82) is 0 Å². The summed E-state index contributed by atoms with van der Waals surface area (Å²) in [5, 5.41) is 2.17. The Morgan fingerprint density at radius 3 is 2.45 bits per heavy atom. The first-order chi connectivity index (χ1) is 15.9. The molecule has 1 N–H and O–H groups in total. The van der Waals surface area contributed by atoms with Gasteiger partial charge < -0.3 is 13.9 Å². The fourth-order valence-corrected chi connectivity index (χ4v) is 3.16. The highest BCUT2D eigenvalue weighted by Crippen LogP contribution is 2.30. The Morgan fingerprint density at radius 2 is 1.79 bits per heavy atom. The number of carbonyl (C=O) groups excluding carboxylic acids is 4. The fourth-order valence-electron chi connectivity index (χ4n) is 3.16. The molecule has 9 nitrogen and oxygen atoms in total. The molecule has 2 aromatic carbocycles. The van der Waals surface area contributed by atoms with Crippen molar-refractivity contribution >= 4 is 35.6 Å². The minimum atomic E-state index is -0.830. The quantitative estimate of drug-likeness (QED) is 0.276. The zero-order valence-electron chi connectivity index (χ0n) is 17.7. The van der Waals surface area contributed by atoms with Crippen LogP contribution in [0.1, 0.15) is 21.7 Å². The highest BCUT2D eigenvalue weighted by Gasteiger charge is 2.36. The van der Waals surface area contributed by atoms with Crippen LogP contribution >= 0.6 is 0 Å². The Kier molecular flexibility index (Phi) is 5.77. The number of carbonyl (C=O) groups is 4. The summed E-state index contributed by atoms with van der Waals surface area (Å²) in [4.78, 5) is 50.7. The third-order valence-corrected chi connectivity index (χ3v) is 4.82. The number of imide groups is 2. The minimum Gasteiger partial charge on any atom is -0.493 e. The largest absolute Gasteiger partial charge is 0.493 e. The van der Waals surface area contributed by atoms with E-state index in [9.17, 15) is 19.2 Å². The van der Waals surface area contributed by atoms with Crippen LogP contribution in [0.3, 0.4) is 0 Å². The lowest BCUT2D eigenvalue weighted by molar-refractivity contribution is -0.122. The van der Waals surface area contributed by atoms with Crippen LogP contribution in [-0.4, -0.2) is 30.9 Å². The summed E-state index contributed by atoms with van der Waals surface area (Å²) in [5.74, 6) is -1.95. The molecule has 0 radical (unpaired) electrons. The maximum atomic E-state index is 13.0. The van der Waals surface area contributed by atoms with Crippen LogP contribution in [0.2, 0.25) is 0 Å². The highest BCUT2D eigenvalue weighted by atomic mass is 16.6. The molecule has 2 heterocycles. The van der Waals surface area contributed by atoms with Crippen LogP contribution in [0.5, 0.6) is 11.5 Å². The van der Waals surface area contributed by atoms with E-state index in [1.807, 2.05) is 6.92 Å². The number of hydrogen-bond acceptors (Lipinski definition) is 7. The zero-order valence-corrected chi connectivity index (χ0v) is 17.7. The Hall–Kier alpha value is -4.66. The van der Waals surface area contributed by atoms with Gasteiger partial charge in [0.1, 0.15) is 5.57 Å². The third-order valence-electron chi connectivity index (χ3n) is 4.82. The lowest BCUT2D eigenvalue weighted by Crippen LogP contribution is -2.54. The van der Waals surface area contributed by atoms with Crippen molar-refractivity contribution in [2.24, 2.45) is 0 Å². The number of methoxy groups -OCH3 is 1. The minimum absolute atomic E-state index is 0.0218. The maximum absolute atomic E-state index is 13.0. The number of aryl methyl sites for hydroxylation is 1. The van der Waals surface area contributed by atoms with Crippen molar-refractivity contribution in [3.63, 3.8) is 0 Å². The first kappa shape index (κ1) is 21.6. The van der Waals surface area contributed by atoms with Gasteiger partial charge in [0.25, 0.3) is 11.8 Å². The second kappa shape index (κ2) is 8.83. The van der Waals surface area contributed by atoms with Gasteiger partial charge in [0.05, 0.1) is 19.1 Å². The van der Waals surface area contributed by atoms with Crippen molar-refractivity contribution < 1.29 is 33.1 Å². The molecule has 3 aromatic rings. The Bertz CT molecular complexity index is 1270. The van der Waals surface area contributed by atoms with Gasteiger partial charge in [-0.3, -0.25) is 14.9 Å². The number of benzene rings is 2. The standard InChI is InChI=1S/C24H18N2O7/c1-14-5-8-16(9-6-14)26-22(28)17(21(27)25-24(26)30)12-15-7-10-18(20(13-15)31-2)33-23(29)19-4-3-11-32-19/h3-13H,1-2H3,(H,25,27,30)/b17-12+. The molecule has 1 fully saturated rings.